The fraction of sp³-hybridized carbons (Fsp3) is 0.0833. The summed E-state index contributed by atoms with van der Waals surface area (Å²) >= 11 is 0. The van der Waals surface area contributed by atoms with E-state index < -0.39 is 5.76 Å². The second-order valence-electron chi connectivity index (χ2n) is 3.77. The van der Waals surface area contributed by atoms with Crippen LogP contribution in [-0.2, 0) is 6.54 Å². The second-order valence-corrected chi connectivity index (χ2v) is 3.77. The quantitative estimate of drug-likeness (QED) is 0.643. The molecule has 0 bridgehead atoms. The van der Waals surface area contributed by atoms with Gasteiger partial charge in [0.2, 0.25) is 0 Å². The normalized spacial score (nSPS) is 10.8. The molecule has 0 radical (unpaired) electrons. The van der Waals surface area contributed by atoms with Crippen molar-refractivity contribution in [3.63, 3.8) is 0 Å². The zero-order valence-electron chi connectivity index (χ0n) is 8.99. The molecule has 1 aromatic carbocycles. The van der Waals surface area contributed by atoms with Gasteiger partial charge in [-0.05, 0) is 30.3 Å². The molecular weight excluding hydrogens is 218 g/mol. The van der Waals surface area contributed by atoms with Crippen LogP contribution in [0.3, 0.4) is 0 Å². The Bertz CT molecular complexity index is 679. The average Bonchev–Trinajstić information content (AvgIpc) is 2.92. The first-order valence-corrected chi connectivity index (χ1v) is 5.30. The Morgan fingerprint density at radius 3 is 3.06 bits per heavy atom. The Kier molecular flexibility index (Phi) is 2.22. The van der Waals surface area contributed by atoms with Crippen LogP contribution in [0.25, 0.3) is 11.1 Å². The maximum absolute atomic E-state index is 11.0. The number of anilines is 1. The molecule has 0 saturated carbocycles. The van der Waals surface area contributed by atoms with Gasteiger partial charge < -0.3 is 14.7 Å². The average molecular weight is 229 g/mol. The minimum atomic E-state index is -0.429. The number of H-pyrrole nitrogens is 2. The zero-order valence-corrected chi connectivity index (χ0v) is 8.99. The van der Waals surface area contributed by atoms with Crippen molar-refractivity contribution in [3.8, 4) is 0 Å². The monoisotopic (exact) mass is 229 g/mol. The summed E-state index contributed by atoms with van der Waals surface area (Å²) in [6.07, 6.45) is 1.88. The first-order chi connectivity index (χ1) is 8.31. The highest BCUT2D eigenvalue weighted by Gasteiger charge is 2.01. The van der Waals surface area contributed by atoms with Crippen molar-refractivity contribution in [2.75, 3.05) is 5.32 Å². The van der Waals surface area contributed by atoms with Gasteiger partial charge in [-0.1, -0.05) is 0 Å². The van der Waals surface area contributed by atoms with Gasteiger partial charge in [0.25, 0.3) is 0 Å². The van der Waals surface area contributed by atoms with E-state index in [1.165, 1.54) is 0 Å². The SMILES string of the molecule is O=c1[nH]c2cc(NCc3ccc[nH]3)ccc2o1. The molecule has 0 saturated heterocycles. The lowest BCUT2D eigenvalue weighted by molar-refractivity contribution is 0.555. The van der Waals surface area contributed by atoms with Gasteiger partial charge in [0.05, 0.1) is 12.1 Å². The number of rotatable bonds is 3. The van der Waals surface area contributed by atoms with E-state index in [4.69, 9.17) is 4.42 Å². The van der Waals surface area contributed by atoms with Gasteiger partial charge in [-0.2, -0.15) is 0 Å². The standard InChI is InChI=1S/C12H11N3O2/c16-12-15-10-6-8(3-4-11(10)17-12)14-7-9-2-1-5-13-9/h1-6,13-14H,7H2,(H,15,16). The number of nitrogens with one attached hydrogen (secondary N) is 3. The Morgan fingerprint density at radius 1 is 1.29 bits per heavy atom. The topological polar surface area (TPSA) is 73.8 Å². The first kappa shape index (κ1) is 9.77. The number of benzene rings is 1. The molecule has 0 aliphatic heterocycles. The molecule has 0 aliphatic rings. The summed E-state index contributed by atoms with van der Waals surface area (Å²) in [5.74, 6) is -0.429. The van der Waals surface area contributed by atoms with Crippen molar-refractivity contribution in [2.24, 2.45) is 0 Å². The second kappa shape index (κ2) is 3.86. The van der Waals surface area contributed by atoms with Crippen molar-refractivity contribution in [1.82, 2.24) is 9.97 Å². The molecule has 3 N–H and O–H groups in total. The molecule has 5 heteroatoms. The van der Waals surface area contributed by atoms with E-state index in [1.54, 1.807) is 6.07 Å². The third-order valence-corrected chi connectivity index (χ3v) is 2.56. The van der Waals surface area contributed by atoms with Crippen LogP contribution in [0.2, 0.25) is 0 Å². The van der Waals surface area contributed by atoms with Crippen molar-refractivity contribution in [1.29, 1.82) is 0 Å². The maximum Gasteiger partial charge on any atom is 0.417 e. The maximum atomic E-state index is 11.0. The minimum Gasteiger partial charge on any atom is -0.408 e. The number of oxazole rings is 1. The van der Waals surface area contributed by atoms with E-state index in [0.717, 1.165) is 11.4 Å². The minimum absolute atomic E-state index is 0.429. The van der Waals surface area contributed by atoms with Crippen LogP contribution in [0.1, 0.15) is 5.69 Å². The Labute approximate surface area is 96.5 Å². The highest BCUT2D eigenvalue weighted by atomic mass is 16.4. The number of hydrogen-bond acceptors (Lipinski definition) is 3. The van der Waals surface area contributed by atoms with E-state index in [9.17, 15) is 4.79 Å². The summed E-state index contributed by atoms with van der Waals surface area (Å²) in [6, 6.07) is 9.45. The van der Waals surface area contributed by atoms with E-state index in [2.05, 4.69) is 15.3 Å². The lowest BCUT2D eigenvalue weighted by Gasteiger charge is -2.04. The molecular formula is C12H11N3O2. The molecule has 2 heterocycles. The van der Waals surface area contributed by atoms with Gasteiger partial charge in [-0.15, -0.1) is 0 Å². The highest BCUT2D eigenvalue weighted by Crippen LogP contribution is 2.16. The Balaban J connectivity index is 1.83. The summed E-state index contributed by atoms with van der Waals surface area (Å²) < 4.78 is 4.93. The molecule has 5 nitrogen and oxygen atoms in total. The third-order valence-electron chi connectivity index (χ3n) is 2.56. The largest absolute Gasteiger partial charge is 0.417 e. The molecule has 0 spiro atoms. The zero-order chi connectivity index (χ0) is 11.7. The molecule has 0 aliphatic carbocycles. The molecule has 0 amide bonds. The molecule has 17 heavy (non-hydrogen) atoms. The van der Waals surface area contributed by atoms with Crippen LogP contribution in [0.15, 0.2) is 45.7 Å². The van der Waals surface area contributed by atoms with Crippen molar-refractivity contribution >= 4 is 16.8 Å². The molecule has 2 aromatic heterocycles. The van der Waals surface area contributed by atoms with Gasteiger partial charge >= 0.3 is 5.76 Å². The van der Waals surface area contributed by atoms with Crippen molar-refractivity contribution in [3.05, 3.63) is 52.8 Å². The lowest BCUT2D eigenvalue weighted by atomic mass is 10.3. The summed E-state index contributed by atoms with van der Waals surface area (Å²) in [7, 11) is 0. The highest BCUT2D eigenvalue weighted by molar-refractivity contribution is 5.76. The van der Waals surface area contributed by atoms with E-state index in [0.29, 0.717) is 17.6 Å². The first-order valence-electron chi connectivity index (χ1n) is 5.30. The van der Waals surface area contributed by atoms with Crippen LogP contribution in [0.4, 0.5) is 5.69 Å². The Morgan fingerprint density at radius 2 is 2.24 bits per heavy atom. The number of aromatic nitrogens is 2. The molecule has 0 atom stereocenters. The lowest BCUT2D eigenvalue weighted by Crippen LogP contribution is -1.99. The smallest absolute Gasteiger partial charge is 0.408 e. The van der Waals surface area contributed by atoms with Gasteiger partial charge in [-0.3, -0.25) is 4.98 Å². The summed E-state index contributed by atoms with van der Waals surface area (Å²) in [5.41, 5.74) is 3.31. The molecule has 86 valence electrons. The van der Waals surface area contributed by atoms with Crippen LogP contribution in [0, 0.1) is 0 Å². The van der Waals surface area contributed by atoms with E-state index in [1.807, 2.05) is 30.5 Å². The van der Waals surface area contributed by atoms with Crippen LogP contribution < -0.4 is 11.1 Å². The molecule has 0 unspecified atom stereocenters. The predicted molar refractivity (Wildman–Crippen MR) is 65.0 cm³/mol. The number of hydrogen-bond donors (Lipinski definition) is 3. The van der Waals surface area contributed by atoms with Crippen molar-refractivity contribution in [2.45, 2.75) is 6.54 Å². The summed E-state index contributed by atoms with van der Waals surface area (Å²) in [4.78, 5) is 16.7. The fourth-order valence-electron chi connectivity index (χ4n) is 1.74. The van der Waals surface area contributed by atoms with Gasteiger partial charge in [-0.25, -0.2) is 4.79 Å². The van der Waals surface area contributed by atoms with E-state index >= 15 is 0 Å². The number of aromatic amines is 2. The van der Waals surface area contributed by atoms with Crippen LogP contribution in [-0.4, -0.2) is 9.97 Å². The third kappa shape index (κ3) is 1.94. The molecule has 0 fully saturated rings. The predicted octanol–water partition coefficient (Wildman–Crippen LogP) is 2.06. The van der Waals surface area contributed by atoms with Crippen molar-refractivity contribution < 1.29 is 4.42 Å². The Hall–Kier alpha value is -2.43. The fourth-order valence-corrected chi connectivity index (χ4v) is 1.74. The van der Waals surface area contributed by atoms with E-state index in [-0.39, 0.29) is 0 Å². The molecule has 3 rings (SSSR count). The van der Waals surface area contributed by atoms with Gasteiger partial charge in [0.15, 0.2) is 5.58 Å². The van der Waals surface area contributed by atoms with Gasteiger partial charge in [0, 0.05) is 17.6 Å². The number of fused-ring (bicyclic) bond motifs is 1. The molecule has 3 aromatic rings. The summed E-state index contributed by atoms with van der Waals surface area (Å²) in [5, 5.41) is 3.25. The van der Waals surface area contributed by atoms with Crippen LogP contribution in [0.5, 0.6) is 0 Å². The van der Waals surface area contributed by atoms with Gasteiger partial charge in [0.1, 0.15) is 0 Å². The summed E-state index contributed by atoms with van der Waals surface area (Å²) in [6.45, 7) is 0.709. The van der Waals surface area contributed by atoms with Crippen LogP contribution >= 0.6 is 0 Å².